The number of halogens is 1. The van der Waals surface area contributed by atoms with E-state index in [-0.39, 0.29) is 17.1 Å². The maximum Gasteiger partial charge on any atom is 0.343 e. The Morgan fingerprint density at radius 3 is 2.17 bits per heavy atom. The zero-order valence-electron chi connectivity index (χ0n) is 26.0. The van der Waals surface area contributed by atoms with E-state index >= 15 is 0 Å². The summed E-state index contributed by atoms with van der Waals surface area (Å²) in [6.07, 6.45) is 0. The fraction of sp³-hybridized carbons (Fsp3) is 0.108. The molecule has 0 saturated heterocycles. The van der Waals surface area contributed by atoms with Gasteiger partial charge in [0.15, 0.2) is 0 Å². The normalized spacial score (nSPS) is 11.4. The van der Waals surface area contributed by atoms with Crippen LogP contribution in [0.25, 0.3) is 32.0 Å². The third kappa shape index (κ3) is 5.83. The van der Waals surface area contributed by atoms with Gasteiger partial charge in [0, 0.05) is 14.7 Å². The lowest BCUT2D eigenvalue weighted by atomic mass is 9.91. The predicted octanol–water partition coefficient (Wildman–Crippen LogP) is 9.27. The third-order valence-corrected chi connectivity index (χ3v) is 11.7. The van der Waals surface area contributed by atoms with E-state index in [1.165, 1.54) is 40.8 Å². The number of carboxylic acids is 1. The summed E-state index contributed by atoms with van der Waals surface area (Å²) in [5.41, 5.74) is 4.03. The standard InChI is InChI=1S/C37H26BrNO7S2/c1-19-15-25(32-27-7-5-6-8-28(27)33(38)35-31(32)21(3)22(4)47-35)16-20(2)34(19)46-48(43,44)30-14-13-26(17-29(30)36(40)41)45-37(42)24-11-9-23(18-39)10-12-24/h5-17H,1-4H3,(H,40,41). The van der Waals surface area contributed by atoms with E-state index in [1.54, 1.807) is 25.2 Å². The molecule has 1 N–H and O–H groups in total. The van der Waals surface area contributed by atoms with E-state index < -0.39 is 32.5 Å². The average molecular weight is 741 g/mol. The van der Waals surface area contributed by atoms with Gasteiger partial charge in [-0.15, -0.1) is 11.3 Å². The number of carbonyl (C=O) groups excluding carboxylic acids is 1. The van der Waals surface area contributed by atoms with Crippen molar-refractivity contribution < 1.29 is 32.0 Å². The van der Waals surface area contributed by atoms with Crippen LogP contribution in [0.1, 0.15) is 47.8 Å². The number of carboxylic acid groups (broad SMARTS) is 1. The number of aryl methyl sites for hydroxylation is 4. The lowest BCUT2D eigenvalue weighted by Gasteiger charge is -2.17. The lowest BCUT2D eigenvalue weighted by molar-refractivity contribution is 0.0683. The van der Waals surface area contributed by atoms with Crippen molar-refractivity contribution in [1.82, 2.24) is 0 Å². The van der Waals surface area contributed by atoms with E-state index in [1.807, 2.05) is 30.3 Å². The minimum absolute atomic E-state index is 0.0855. The van der Waals surface area contributed by atoms with Gasteiger partial charge in [-0.1, -0.05) is 24.3 Å². The highest BCUT2D eigenvalue weighted by Gasteiger charge is 2.28. The number of thiophene rings is 1. The van der Waals surface area contributed by atoms with Gasteiger partial charge in [0.05, 0.1) is 27.5 Å². The van der Waals surface area contributed by atoms with Crippen LogP contribution >= 0.6 is 27.3 Å². The molecule has 0 unspecified atom stereocenters. The number of fused-ring (bicyclic) bond motifs is 2. The molecule has 48 heavy (non-hydrogen) atoms. The Balaban J connectivity index is 1.37. The molecule has 240 valence electrons. The van der Waals surface area contributed by atoms with E-state index in [4.69, 9.17) is 14.2 Å². The number of esters is 1. The molecule has 5 aromatic carbocycles. The van der Waals surface area contributed by atoms with Crippen LogP contribution in [0, 0.1) is 39.0 Å². The van der Waals surface area contributed by atoms with Crippen LogP contribution in [0.3, 0.4) is 0 Å². The molecule has 0 spiro atoms. The van der Waals surface area contributed by atoms with E-state index in [2.05, 4.69) is 41.9 Å². The summed E-state index contributed by atoms with van der Waals surface area (Å²) in [7, 11) is -4.65. The fourth-order valence-electron chi connectivity index (χ4n) is 5.72. The minimum atomic E-state index is -4.65. The van der Waals surface area contributed by atoms with Gasteiger partial charge in [0.1, 0.15) is 16.4 Å². The zero-order chi connectivity index (χ0) is 34.5. The van der Waals surface area contributed by atoms with Gasteiger partial charge in [-0.2, -0.15) is 13.7 Å². The first-order valence-electron chi connectivity index (χ1n) is 14.6. The number of nitriles is 1. The number of hydrogen-bond acceptors (Lipinski definition) is 8. The number of ether oxygens (including phenoxy) is 1. The minimum Gasteiger partial charge on any atom is -0.478 e. The van der Waals surface area contributed by atoms with E-state index in [0.717, 1.165) is 48.6 Å². The summed E-state index contributed by atoms with van der Waals surface area (Å²) in [5.74, 6) is -2.45. The largest absolute Gasteiger partial charge is 0.478 e. The van der Waals surface area contributed by atoms with E-state index in [0.29, 0.717) is 16.7 Å². The molecule has 8 nitrogen and oxygen atoms in total. The van der Waals surface area contributed by atoms with Gasteiger partial charge in [0.25, 0.3) is 0 Å². The van der Waals surface area contributed by atoms with Crippen molar-refractivity contribution >= 4 is 70.2 Å². The Morgan fingerprint density at radius 1 is 0.896 bits per heavy atom. The number of nitrogens with zero attached hydrogens (tertiary/aromatic N) is 1. The summed E-state index contributed by atoms with van der Waals surface area (Å²) >= 11 is 5.54. The van der Waals surface area contributed by atoms with Crippen LogP contribution in [-0.4, -0.2) is 25.5 Å². The molecule has 0 bridgehead atoms. The molecule has 6 aromatic rings. The number of benzene rings is 5. The summed E-state index contributed by atoms with van der Waals surface area (Å²) in [4.78, 5) is 25.4. The zero-order valence-corrected chi connectivity index (χ0v) is 29.3. The molecule has 0 fully saturated rings. The Morgan fingerprint density at radius 2 is 1.54 bits per heavy atom. The first-order valence-corrected chi connectivity index (χ1v) is 17.6. The maximum absolute atomic E-state index is 13.6. The van der Waals surface area contributed by atoms with Gasteiger partial charge in [-0.05, 0) is 137 Å². The molecule has 0 radical (unpaired) electrons. The Bertz CT molecular complexity index is 2450. The predicted molar refractivity (Wildman–Crippen MR) is 189 cm³/mol. The van der Waals surface area contributed by atoms with Gasteiger partial charge < -0.3 is 14.0 Å². The third-order valence-electron chi connectivity index (χ3n) is 8.12. The molecule has 0 aliphatic heterocycles. The van der Waals surface area contributed by atoms with Crippen LogP contribution in [-0.2, 0) is 10.1 Å². The molecule has 6 rings (SSSR count). The second-order valence-corrected chi connectivity index (χ2v) is 14.8. The second kappa shape index (κ2) is 12.5. The van der Waals surface area contributed by atoms with Gasteiger partial charge in [-0.3, -0.25) is 0 Å². The Kier molecular flexibility index (Phi) is 8.60. The number of hydrogen-bond donors (Lipinski definition) is 1. The van der Waals surface area contributed by atoms with Crippen molar-refractivity contribution in [3.63, 3.8) is 0 Å². The topological polar surface area (TPSA) is 131 Å². The summed E-state index contributed by atoms with van der Waals surface area (Å²) in [6.45, 7) is 7.68. The van der Waals surface area contributed by atoms with Crippen molar-refractivity contribution in [2.75, 3.05) is 0 Å². The molecule has 0 atom stereocenters. The number of carbonyl (C=O) groups is 2. The lowest BCUT2D eigenvalue weighted by Crippen LogP contribution is -2.16. The number of aromatic carboxylic acids is 1. The highest BCUT2D eigenvalue weighted by atomic mass is 79.9. The quantitative estimate of drug-likeness (QED) is 0.0974. The van der Waals surface area contributed by atoms with Crippen LogP contribution in [0.2, 0.25) is 0 Å². The maximum atomic E-state index is 13.6. The first kappa shape index (κ1) is 32.9. The first-order chi connectivity index (χ1) is 22.8. The van der Waals surface area contributed by atoms with Crippen LogP contribution in [0.15, 0.2) is 88.2 Å². The second-order valence-electron chi connectivity index (χ2n) is 11.2. The van der Waals surface area contributed by atoms with Crippen molar-refractivity contribution in [3.8, 4) is 28.7 Å². The van der Waals surface area contributed by atoms with Crippen molar-refractivity contribution in [2.24, 2.45) is 0 Å². The highest BCUT2D eigenvalue weighted by Crippen LogP contribution is 2.48. The Labute approximate surface area is 289 Å². The van der Waals surface area contributed by atoms with Gasteiger partial charge in [0.2, 0.25) is 0 Å². The van der Waals surface area contributed by atoms with Crippen molar-refractivity contribution in [3.05, 3.63) is 122 Å². The summed E-state index contributed by atoms with van der Waals surface area (Å²) < 4.78 is 40.3. The molecular formula is C37H26BrNO7S2. The fourth-order valence-corrected chi connectivity index (χ4v) is 8.84. The van der Waals surface area contributed by atoms with Gasteiger partial charge >= 0.3 is 22.1 Å². The van der Waals surface area contributed by atoms with Crippen LogP contribution < -0.4 is 8.92 Å². The van der Waals surface area contributed by atoms with Crippen LogP contribution in [0.5, 0.6) is 11.5 Å². The molecular weight excluding hydrogens is 714 g/mol. The molecule has 0 amide bonds. The Hall–Kier alpha value is -5.02. The molecule has 1 aromatic heterocycles. The van der Waals surface area contributed by atoms with Crippen LogP contribution in [0.4, 0.5) is 0 Å². The molecule has 0 aliphatic carbocycles. The smallest absolute Gasteiger partial charge is 0.343 e. The summed E-state index contributed by atoms with van der Waals surface area (Å²) in [6, 6.07) is 22.7. The molecule has 11 heteroatoms. The average Bonchev–Trinajstić information content (AvgIpc) is 3.36. The summed E-state index contributed by atoms with van der Waals surface area (Å²) in [5, 5.41) is 22.1. The van der Waals surface area contributed by atoms with E-state index in [9.17, 15) is 23.1 Å². The highest BCUT2D eigenvalue weighted by molar-refractivity contribution is 9.11. The molecule has 0 saturated carbocycles. The monoisotopic (exact) mass is 739 g/mol. The molecule has 0 aliphatic rings. The molecule has 1 heterocycles. The SMILES string of the molecule is Cc1cc(-c2c3ccccc3c(Br)c3sc(C)c(C)c23)cc(C)c1OS(=O)(=O)c1ccc(OC(=O)c2ccc(C#N)cc2)cc1C(=O)O. The van der Waals surface area contributed by atoms with Gasteiger partial charge in [-0.25, -0.2) is 9.59 Å². The number of rotatable bonds is 7. The van der Waals surface area contributed by atoms with Crippen molar-refractivity contribution in [2.45, 2.75) is 32.6 Å². The van der Waals surface area contributed by atoms with Crippen molar-refractivity contribution in [1.29, 1.82) is 5.26 Å².